The van der Waals surface area contributed by atoms with Crippen molar-refractivity contribution in [2.45, 2.75) is 36.9 Å². The molecule has 2 heterocycles. The molecule has 2 aromatic carbocycles. The molecule has 5 rings (SSSR count). The van der Waals surface area contributed by atoms with Crippen LogP contribution in [0.5, 0.6) is 11.5 Å². The van der Waals surface area contributed by atoms with Crippen molar-refractivity contribution in [3.05, 3.63) is 76.0 Å². The SMILES string of the molecule is CS(=O)(=O)N(CCN1CCOCC1)c1cccc(SC(=O)O[C@@H](Cc2c(Cl)cncc2Cl)c2ccc(OC(F)F)c(OCC3CC3)c2)c1. The first-order valence-electron chi connectivity index (χ1n) is 15.2. The fraction of sp³-hybridized carbons (Fsp3) is 0.438. The van der Waals surface area contributed by atoms with Gasteiger partial charge >= 0.3 is 11.9 Å². The number of hydrogen-bond acceptors (Lipinski definition) is 10. The smallest absolute Gasteiger partial charge is 0.387 e. The minimum absolute atomic E-state index is 0.0348. The zero-order valence-corrected chi connectivity index (χ0v) is 29.2. The van der Waals surface area contributed by atoms with Crippen LogP contribution in [-0.4, -0.2) is 82.5 Å². The number of sulfonamides is 1. The quantitative estimate of drug-likeness (QED) is 0.118. The molecule has 2 aliphatic rings. The van der Waals surface area contributed by atoms with Crippen LogP contribution in [0.1, 0.15) is 30.1 Å². The summed E-state index contributed by atoms with van der Waals surface area (Å²) in [5.41, 5.74) is 1.30. The normalized spacial score (nSPS) is 16.0. The number of benzene rings is 2. The maximum absolute atomic E-state index is 13.4. The summed E-state index contributed by atoms with van der Waals surface area (Å²) in [6.07, 6.45) is 5.00. The number of aromatic nitrogens is 1. The Hall–Kier alpha value is -2.88. The van der Waals surface area contributed by atoms with Crippen molar-refractivity contribution >= 4 is 56.0 Å². The van der Waals surface area contributed by atoms with Gasteiger partial charge in [-0.2, -0.15) is 8.78 Å². The molecular formula is C32H35Cl2F2N3O7S2. The van der Waals surface area contributed by atoms with E-state index in [1.54, 1.807) is 24.3 Å². The van der Waals surface area contributed by atoms with Gasteiger partial charge in [0.05, 0.1) is 41.8 Å². The molecule has 1 aliphatic heterocycles. The summed E-state index contributed by atoms with van der Waals surface area (Å²) in [7, 11) is -3.63. The van der Waals surface area contributed by atoms with Crippen LogP contribution in [0.2, 0.25) is 10.0 Å². The molecule has 1 atom stereocenters. The van der Waals surface area contributed by atoms with Crippen LogP contribution in [-0.2, 0) is 25.9 Å². The van der Waals surface area contributed by atoms with Gasteiger partial charge in [-0.15, -0.1) is 0 Å². The highest BCUT2D eigenvalue weighted by Gasteiger charge is 2.27. The zero-order valence-electron chi connectivity index (χ0n) is 26.0. The molecule has 1 saturated carbocycles. The van der Waals surface area contributed by atoms with Gasteiger partial charge in [0.25, 0.3) is 0 Å². The molecule has 1 aliphatic carbocycles. The lowest BCUT2D eigenvalue weighted by atomic mass is 10.0. The van der Waals surface area contributed by atoms with Crippen LogP contribution in [0.4, 0.5) is 19.3 Å². The fourth-order valence-electron chi connectivity index (χ4n) is 5.05. The summed E-state index contributed by atoms with van der Waals surface area (Å²) >= 11 is 13.6. The number of ether oxygens (including phenoxy) is 4. The first-order chi connectivity index (χ1) is 23.0. The van der Waals surface area contributed by atoms with Crippen LogP contribution in [0.15, 0.2) is 59.8 Å². The molecule has 260 valence electrons. The topological polar surface area (TPSA) is 108 Å². The van der Waals surface area contributed by atoms with Crippen molar-refractivity contribution in [3.8, 4) is 11.5 Å². The van der Waals surface area contributed by atoms with Crippen LogP contribution in [0.3, 0.4) is 0 Å². The zero-order chi connectivity index (χ0) is 34.3. The largest absolute Gasteiger partial charge is 0.489 e. The minimum Gasteiger partial charge on any atom is -0.489 e. The number of carbonyl (C=O) groups is 1. The lowest BCUT2D eigenvalue weighted by Crippen LogP contribution is -2.43. The van der Waals surface area contributed by atoms with Crippen molar-refractivity contribution in [3.63, 3.8) is 0 Å². The van der Waals surface area contributed by atoms with E-state index in [4.69, 9.17) is 37.4 Å². The van der Waals surface area contributed by atoms with E-state index in [1.165, 1.54) is 34.9 Å². The lowest BCUT2D eigenvalue weighted by molar-refractivity contribution is -0.0515. The van der Waals surface area contributed by atoms with Gasteiger partial charge in [-0.25, -0.2) is 13.2 Å². The van der Waals surface area contributed by atoms with Gasteiger partial charge in [-0.1, -0.05) is 35.3 Å². The third kappa shape index (κ3) is 10.6. The Morgan fingerprint density at radius 2 is 1.83 bits per heavy atom. The number of alkyl halides is 2. The van der Waals surface area contributed by atoms with E-state index < -0.39 is 28.0 Å². The van der Waals surface area contributed by atoms with Gasteiger partial charge in [0.1, 0.15) is 6.10 Å². The van der Waals surface area contributed by atoms with Crippen LogP contribution in [0.25, 0.3) is 0 Å². The number of thioether (sulfide) groups is 1. The summed E-state index contributed by atoms with van der Waals surface area (Å²) in [6, 6.07) is 11.0. The van der Waals surface area contributed by atoms with E-state index in [1.807, 2.05) is 0 Å². The van der Waals surface area contributed by atoms with Gasteiger partial charge in [0, 0.05) is 49.9 Å². The molecule has 0 radical (unpaired) electrons. The van der Waals surface area contributed by atoms with Crippen LogP contribution >= 0.6 is 35.0 Å². The molecule has 1 saturated heterocycles. The Bertz CT molecular complexity index is 1660. The van der Waals surface area contributed by atoms with Crippen LogP contribution in [0, 0.1) is 5.92 Å². The van der Waals surface area contributed by atoms with E-state index in [0.29, 0.717) is 67.1 Å². The van der Waals surface area contributed by atoms with E-state index >= 15 is 0 Å². The highest BCUT2D eigenvalue weighted by molar-refractivity contribution is 8.13. The number of carbonyl (C=O) groups excluding carboxylic acids is 1. The predicted molar refractivity (Wildman–Crippen MR) is 180 cm³/mol. The number of anilines is 1. The number of hydrogen-bond donors (Lipinski definition) is 0. The second-order valence-corrected chi connectivity index (χ2v) is 15.1. The maximum atomic E-state index is 13.4. The maximum Gasteiger partial charge on any atom is 0.387 e. The Morgan fingerprint density at radius 1 is 1.10 bits per heavy atom. The van der Waals surface area contributed by atoms with Crippen LogP contribution < -0.4 is 13.8 Å². The average Bonchev–Trinajstić information content (AvgIpc) is 3.86. The molecule has 0 amide bonds. The van der Waals surface area contributed by atoms with Gasteiger partial charge in [-0.05, 0) is 72.0 Å². The first-order valence-corrected chi connectivity index (χ1v) is 18.6. The monoisotopic (exact) mass is 745 g/mol. The van der Waals surface area contributed by atoms with Crippen molar-refractivity contribution in [2.24, 2.45) is 5.92 Å². The molecule has 1 aromatic heterocycles. The third-order valence-electron chi connectivity index (χ3n) is 7.74. The van der Waals surface area contributed by atoms with Crippen molar-refractivity contribution in [1.29, 1.82) is 0 Å². The minimum atomic E-state index is -3.63. The van der Waals surface area contributed by atoms with Gasteiger partial charge < -0.3 is 18.9 Å². The molecule has 3 aromatic rings. The van der Waals surface area contributed by atoms with Crippen molar-refractivity contribution < 1.29 is 40.9 Å². The highest BCUT2D eigenvalue weighted by Crippen LogP contribution is 2.39. The number of rotatable bonds is 15. The van der Waals surface area contributed by atoms with E-state index in [2.05, 4.69) is 14.6 Å². The van der Waals surface area contributed by atoms with E-state index in [0.717, 1.165) is 30.9 Å². The molecule has 0 bridgehead atoms. The summed E-state index contributed by atoms with van der Waals surface area (Å²) in [6.45, 7) is 0.630. The standard InChI is InChI=1S/C32H35Cl2F2N3O7S2/c1-48(41,42)39(10-9-38-11-13-43-14-12-38)23-3-2-4-24(16-23)47-32(40)46-29(17-25-26(33)18-37-19-27(25)34)22-7-8-28(45-31(35)36)30(15-22)44-20-21-5-6-21/h2-4,7-8,15-16,18-19,21,29,31H,5-6,9-14,17,20H2,1H3/t29-/m0/s1. The fourth-order valence-corrected chi connectivity index (χ4v) is 7.16. The van der Waals surface area contributed by atoms with E-state index in [-0.39, 0.29) is 34.5 Å². The van der Waals surface area contributed by atoms with E-state index in [9.17, 15) is 22.0 Å². The number of halogens is 4. The Morgan fingerprint density at radius 3 is 2.50 bits per heavy atom. The molecule has 48 heavy (non-hydrogen) atoms. The number of morpholine rings is 1. The van der Waals surface area contributed by atoms with Gasteiger partial charge in [0.2, 0.25) is 10.0 Å². The Kier molecular flexibility index (Phi) is 12.7. The molecule has 16 heteroatoms. The second kappa shape index (κ2) is 16.7. The molecule has 0 N–H and O–H groups in total. The Labute approximate surface area is 292 Å². The first kappa shape index (κ1) is 36.4. The van der Waals surface area contributed by atoms with Gasteiger partial charge in [0.15, 0.2) is 11.5 Å². The molecular weight excluding hydrogens is 711 g/mol. The average molecular weight is 747 g/mol. The molecule has 10 nitrogen and oxygen atoms in total. The highest BCUT2D eigenvalue weighted by atomic mass is 35.5. The summed E-state index contributed by atoms with van der Waals surface area (Å²) in [4.78, 5) is 20.0. The summed E-state index contributed by atoms with van der Waals surface area (Å²) in [5.74, 6) is 0.280. The van der Waals surface area contributed by atoms with Crippen molar-refractivity contribution in [1.82, 2.24) is 9.88 Å². The molecule has 0 spiro atoms. The van der Waals surface area contributed by atoms with Gasteiger partial charge in [-0.3, -0.25) is 14.2 Å². The third-order valence-corrected chi connectivity index (χ3v) is 10.3. The summed E-state index contributed by atoms with van der Waals surface area (Å²) in [5, 5.41) is -0.194. The molecule has 2 fully saturated rings. The van der Waals surface area contributed by atoms with Crippen molar-refractivity contribution in [2.75, 3.05) is 56.6 Å². The lowest BCUT2D eigenvalue weighted by Gasteiger charge is -2.30. The number of nitrogens with zero attached hydrogens (tertiary/aromatic N) is 3. The predicted octanol–water partition coefficient (Wildman–Crippen LogP) is 7.09. The second-order valence-electron chi connectivity index (χ2n) is 11.4. The Balaban J connectivity index is 1.37. The summed E-state index contributed by atoms with van der Waals surface area (Å²) < 4.78 is 75.0. The molecule has 0 unspecified atom stereocenters. The number of pyridine rings is 1.